The lowest BCUT2D eigenvalue weighted by molar-refractivity contribution is 0.0690. The monoisotopic (exact) mass is 265 g/mol. The van der Waals surface area contributed by atoms with Gasteiger partial charge in [0, 0.05) is 5.38 Å². The average molecular weight is 265 g/mol. The van der Waals surface area contributed by atoms with Gasteiger partial charge in [-0.3, -0.25) is 4.79 Å². The summed E-state index contributed by atoms with van der Waals surface area (Å²) in [6, 6.07) is 0. The van der Waals surface area contributed by atoms with Crippen LogP contribution in [-0.2, 0) is 6.54 Å². The number of carbonyl (C=O) groups is 2. The molecule has 2 rings (SSSR count). The van der Waals surface area contributed by atoms with E-state index >= 15 is 0 Å². The molecule has 0 aliphatic rings. The summed E-state index contributed by atoms with van der Waals surface area (Å²) < 4.78 is 5.02. The van der Waals surface area contributed by atoms with Gasteiger partial charge in [-0.05, 0) is 0 Å². The van der Waals surface area contributed by atoms with Crippen molar-refractivity contribution in [3.63, 3.8) is 0 Å². The first-order chi connectivity index (χ1) is 8.56. The second-order valence-corrected chi connectivity index (χ2v) is 4.32. The highest BCUT2D eigenvalue weighted by molar-refractivity contribution is 7.09. The molecular weight excluding hydrogens is 257 g/mol. The van der Waals surface area contributed by atoms with E-state index in [-0.39, 0.29) is 17.4 Å². The van der Waals surface area contributed by atoms with Gasteiger partial charge in [0.15, 0.2) is 11.5 Å². The van der Waals surface area contributed by atoms with E-state index in [0.29, 0.717) is 17.2 Å². The lowest BCUT2D eigenvalue weighted by Crippen LogP contribution is -2.20. The molecule has 2 aromatic rings. The van der Waals surface area contributed by atoms with Crippen LogP contribution in [0.15, 0.2) is 16.1 Å². The molecular formula is C9H8BN3O4S. The zero-order valence-corrected chi connectivity index (χ0v) is 10.2. The number of carbonyl (C=O) groups excluding carboxylic acids is 1. The molecule has 1 amide bonds. The van der Waals surface area contributed by atoms with E-state index in [9.17, 15) is 9.59 Å². The largest absolute Gasteiger partial charge is 0.476 e. The minimum absolute atomic E-state index is 0.143. The average Bonchev–Trinajstić information content (AvgIpc) is 2.95. The second-order valence-electron chi connectivity index (χ2n) is 3.38. The van der Waals surface area contributed by atoms with Gasteiger partial charge < -0.3 is 14.8 Å². The van der Waals surface area contributed by atoms with Crippen LogP contribution in [-0.4, -0.2) is 34.7 Å². The van der Waals surface area contributed by atoms with Crippen LogP contribution in [0.5, 0.6) is 0 Å². The first-order valence-electron chi connectivity index (χ1n) is 4.94. The van der Waals surface area contributed by atoms with Crippen LogP contribution in [0.2, 0.25) is 0 Å². The summed E-state index contributed by atoms with van der Waals surface area (Å²) in [4.78, 5) is 29.3. The van der Waals surface area contributed by atoms with Gasteiger partial charge in [0.2, 0.25) is 13.7 Å². The van der Waals surface area contributed by atoms with Crippen molar-refractivity contribution in [2.75, 3.05) is 0 Å². The van der Waals surface area contributed by atoms with Gasteiger partial charge in [-0.1, -0.05) is 0 Å². The van der Waals surface area contributed by atoms with Crippen LogP contribution >= 0.6 is 11.3 Å². The molecule has 0 radical (unpaired) electrons. The molecule has 2 heterocycles. The lowest BCUT2D eigenvalue weighted by atomic mass is 10.1. The van der Waals surface area contributed by atoms with Crippen LogP contribution in [0.25, 0.3) is 11.6 Å². The minimum atomic E-state index is -1.15. The number of hydrogen-bond donors (Lipinski definition) is 2. The fourth-order valence-electron chi connectivity index (χ4n) is 1.18. The van der Waals surface area contributed by atoms with Crippen LogP contribution in [0, 0.1) is 0 Å². The molecule has 9 heteroatoms. The van der Waals surface area contributed by atoms with E-state index < -0.39 is 5.97 Å². The van der Waals surface area contributed by atoms with E-state index in [2.05, 4.69) is 15.3 Å². The van der Waals surface area contributed by atoms with Gasteiger partial charge >= 0.3 is 5.97 Å². The molecule has 0 atom stereocenters. The molecule has 2 N–H and O–H groups in total. The van der Waals surface area contributed by atoms with Gasteiger partial charge in [0.1, 0.15) is 17.0 Å². The molecule has 0 fully saturated rings. The van der Waals surface area contributed by atoms with Crippen LogP contribution in [0.3, 0.4) is 0 Å². The maximum atomic E-state index is 10.7. The molecule has 0 unspecified atom stereocenters. The lowest BCUT2D eigenvalue weighted by Gasteiger charge is -1.96. The Bertz CT molecular complexity index is 594. The zero-order valence-electron chi connectivity index (χ0n) is 9.34. The number of nitrogens with one attached hydrogen (secondary N) is 1. The predicted octanol–water partition coefficient (Wildman–Crippen LogP) is 0.339. The molecule has 0 saturated carbocycles. The van der Waals surface area contributed by atoms with E-state index in [1.165, 1.54) is 19.2 Å². The highest BCUT2D eigenvalue weighted by Crippen LogP contribution is 2.21. The summed E-state index contributed by atoms with van der Waals surface area (Å²) >= 11 is 1.33. The smallest absolute Gasteiger partial charge is 0.357 e. The molecule has 18 heavy (non-hydrogen) atoms. The van der Waals surface area contributed by atoms with Gasteiger partial charge in [-0.15, -0.1) is 11.3 Å². The topological polar surface area (TPSA) is 105 Å². The van der Waals surface area contributed by atoms with Crippen molar-refractivity contribution in [2.24, 2.45) is 0 Å². The van der Waals surface area contributed by atoms with Gasteiger partial charge in [0.05, 0.1) is 6.54 Å². The number of nitrogens with zero attached hydrogens (tertiary/aromatic N) is 2. The Morgan fingerprint density at radius 2 is 2.28 bits per heavy atom. The SMILES string of the molecule is BC(=O)NCc1nc(-c2nc(C(=O)O)co2)cs1. The van der Waals surface area contributed by atoms with E-state index in [1.807, 2.05) is 0 Å². The van der Waals surface area contributed by atoms with E-state index in [1.54, 1.807) is 5.38 Å². The third kappa shape index (κ3) is 2.75. The highest BCUT2D eigenvalue weighted by atomic mass is 32.1. The van der Waals surface area contributed by atoms with Crippen molar-refractivity contribution in [2.45, 2.75) is 6.54 Å². The number of carboxylic acid groups (broad SMARTS) is 1. The fraction of sp³-hybridized carbons (Fsp3) is 0.111. The second kappa shape index (κ2) is 5.00. The van der Waals surface area contributed by atoms with E-state index in [0.717, 1.165) is 6.26 Å². The normalized spacial score (nSPS) is 10.2. The van der Waals surface area contributed by atoms with Crippen molar-refractivity contribution in [1.29, 1.82) is 0 Å². The molecule has 2 aromatic heterocycles. The maximum Gasteiger partial charge on any atom is 0.357 e. The van der Waals surface area contributed by atoms with Gasteiger partial charge in [0.25, 0.3) is 0 Å². The van der Waals surface area contributed by atoms with Crippen LogP contribution < -0.4 is 5.32 Å². The highest BCUT2D eigenvalue weighted by Gasteiger charge is 2.14. The predicted molar refractivity (Wildman–Crippen MR) is 65.4 cm³/mol. The van der Waals surface area contributed by atoms with Crippen LogP contribution in [0.1, 0.15) is 15.5 Å². The van der Waals surface area contributed by atoms with Gasteiger partial charge in [-0.25, -0.2) is 14.8 Å². The van der Waals surface area contributed by atoms with Gasteiger partial charge in [-0.2, -0.15) is 0 Å². The van der Waals surface area contributed by atoms with Crippen molar-refractivity contribution >= 4 is 31.0 Å². The number of hydrogen-bond acceptors (Lipinski definition) is 6. The summed E-state index contributed by atoms with van der Waals surface area (Å²) in [6.45, 7) is 0.326. The number of aromatic carboxylic acids is 1. The summed E-state index contributed by atoms with van der Waals surface area (Å²) in [6.07, 6.45) is 1.06. The molecule has 0 bridgehead atoms. The van der Waals surface area contributed by atoms with Crippen molar-refractivity contribution in [3.8, 4) is 11.6 Å². The number of carboxylic acids is 1. The Balaban J connectivity index is 2.13. The molecule has 0 aliphatic carbocycles. The number of aromatic nitrogens is 2. The summed E-state index contributed by atoms with van der Waals surface area (Å²) in [7, 11) is 1.42. The van der Waals surface area contributed by atoms with E-state index in [4.69, 9.17) is 9.52 Å². The number of thiazole rings is 1. The number of amides is 1. The zero-order chi connectivity index (χ0) is 13.1. The first-order valence-corrected chi connectivity index (χ1v) is 5.82. The summed E-state index contributed by atoms with van der Waals surface area (Å²) in [5.41, 5.74) is 0.286. The molecule has 0 aromatic carbocycles. The Morgan fingerprint density at radius 1 is 1.50 bits per heavy atom. The Labute approximate surface area is 106 Å². The summed E-state index contributed by atoms with van der Waals surface area (Å²) in [5.74, 6) is -1.15. The third-order valence-corrected chi connectivity index (χ3v) is 2.83. The minimum Gasteiger partial charge on any atom is -0.476 e. The first kappa shape index (κ1) is 12.3. The van der Waals surface area contributed by atoms with Crippen molar-refractivity contribution < 1.29 is 19.1 Å². The summed E-state index contributed by atoms with van der Waals surface area (Å²) in [5, 5.41) is 13.7. The Kier molecular flexibility index (Phi) is 3.42. The number of oxazole rings is 1. The number of rotatable bonds is 4. The Morgan fingerprint density at radius 3 is 2.89 bits per heavy atom. The Hall–Kier alpha value is -2.16. The molecule has 0 spiro atoms. The fourth-order valence-corrected chi connectivity index (χ4v) is 1.89. The standard InChI is InChI=1S/C9H8BN3O4S/c10-9(16)11-1-6-12-5(3-18-6)7-13-4(2-17-7)8(14)15/h2-3H,1,10H2,(H,11,16)(H,14,15). The molecule has 7 nitrogen and oxygen atoms in total. The molecule has 0 aliphatic heterocycles. The molecule has 92 valence electrons. The molecule has 0 saturated heterocycles. The maximum absolute atomic E-state index is 10.7. The van der Waals surface area contributed by atoms with Crippen LogP contribution in [0.4, 0.5) is 4.79 Å². The quantitative estimate of drug-likeness (QED) is 0.772. The third-order valence-electron chi connectivity index (χ3n) is 1.98. The van der Waals surface area contributed by atoms with Crippen molar-refractivity contribution in [1.82, 2.24) is 15.3 Å². The van der Waals surface area contributed by atoms with Crippen molar-refractivity contribution in [3.05, 3.63) is 22.3 Å².